The number of hydrogen-bond donors (Lipinski definition) is 1. The maximum absolute atomic E-state index is 12.4. The molecule has 2 aliphatic heterocycles. The Balaban J connectivity index is 0.00000105. The first kappa shape index (κ1) is 22.9. The zero-order valence-electron chi connectivity index (χ0n) is 16.0. The smallest absolute Gasteiger partial charge is 0.290 e. The van der Waals surface area contributed by atoms with Gasteiger partial charge in [0.15, 0.2) is 9.84 Å². The molecule has 0 aromatic carbocycles. The molecule has 2 rings (SSSR count). The molecule has 2 aliphatic rings. The normalized spacial score (nSPS) is 23.2. The molecule has 0 bridgehead atoms. The first-order chi connectivity index (χ1) is 12.3. The summed E-state index contributed by atoms with van der Waals surface area (Å²) in [4.78, 5) is 27.2. The van der Waals surface area contributed by atoms with Crippen molar-refractivity contribution in [2.75, 3.05) is 57.8 Å². The topological polar surface area (TPSA) is 98.2 Å². The molecule has 1 N–H and O–H groups in total. The van der Waals surface area contributed by atoms with Gasteiger partial charge >= 0.3 is 0 Å². The van der Waals surface area contributed by atoms with Crippen molar-refractivity contribution in [1.82, 2.24) is 14.7 Å². The molecule has 26 heavy (non-hydrogen) atoms. The molecule has 0 aliphatic carbocycles. The number of carboxylic acid groups (broad SMARTS) is 1. The van der Waals surface area contributed by atoms with Crippen LogP contribution in [0.25, 0.3) is 0 Å². The number of hydrogen-bond acceptors (Lipinski definition) is 6. The van der Waals surface area contributed by atoms with Crippen molar-refractivity contribution in [3.05, 3.63) is 0 Å². The van der Waals surface area contributed by atoms with Crippen LogP contribution >= 0.6 is 0 Å². The maximum Gasteiger partial charge on any atom is 0.290 e. The molecule has 2 fully saturated rings. The number of carbonyl (C=O) groups excluding carboxylic acids is 1. The summed E-state index contributed by atoms with van der Waals surface area (Å²) >= 11 is 0. The Kier molecular flexibility index (Phi) is 10.1. The Bertz CT molecular complexity index is 541. The van der Waals surface area contributed by atoms with E-state index in [0.29, 0.717) is 19.4 Å². The van der Waals surface area contributed by atoms with Gasteiger partial charge < -0.3 is 19.8 Å². The van der Waals surface area contributed by atoms with Crippen molar-refractivity contribution in [3.63, 3.8) is 0 Å². The lowest BCUT2D eigenvalue weighted by Crippen LogP contribution is -2.39. The lowest BCUT2D eigenvalue weighted by Gasteiger charge is -2.25. The summed E-state index contributed by atoms with van der Waals surface area (Å²) < 4.78 is 23.1. The van der Waals surface area contributed by atoms with Crippen LogP contribution in [0.3, 0.4) is 0 Å². The van der Waals surface area contributed by atoms with Gasteiger partial charge in [0.1, 0.15) is 0 Å². The fourth-order valence-electron chi connectivity index (χ4n) is 3.50. The summed E-state index contributed by atoms with van der Waals surface area (Å²) in [6, 6.07) is 0.0805. The molecule has 0 aromatic heterocycles. The highest BCUT2D eigenvalue weighted by atomic mass is 32.2. The van der Waals surface area contributed by atoms with E-state index in [1.165, 1.54) is 0 Å². The fraction of sp³-hybridized carbons (Fsp3) is 0.882. The zero-order chi connectivity index (χ0) is 19.6. The molecule has 1 amide bonds. The summed E-state index contributed by atoms with van der Waals surface area (Å²) in [7, 11) is -0.924. The molecule has 2 heterocycles. The Hall–Kier alpha value is -1.19. The van der Waals surface area contributed by atoms with Crippen LogP contribution in [-0.2, 0) is 19.4 Å². The Morgan fingerprint density at radius 1 is 1.27 bits per heavy atom. The van der Waals surface area contributed by atoms with E-state index in [9.17, 15) is 13.2 Å². The van der Waals surface area contributed by atoms with Gasteiger partial charge in [-0.05, 0) is 39.4 Å². The third-order valence-electron chi connectivity index (χ3n) is 4.99. The molecule has 0 spiro atoms. The lowest BCUT2D eigenvalue weighted by atomic mass is 10.2. The van der Waals surface area contributed by atoms with E-state index >= 15 is 0 Å². The second-order valence-electron chi connectivity index (χ2n) is 6.97. The van der Waals surface area contributed by atoms with Crippen molar-refractivity contribution in [3.8, 4) is 0 Å². The average Bonchev–Trinajstić information content (AvgIpc) is 2.80. The van der Waals surface area contributed by atoms with E-state index in [0.717, 1.165) is 45.6 Å². The van der Waals surface area contributed by atoms with Crippen LogP contribution in [0, 0.1) is 0 Å². The van der Waals surface area contributed by atoms with Gasteiger partial charge in [0, 0.05) is 38.6 Å². The highest BCUT2D eigenvalue weighted by Gasteiger charge is 2.30. The highest BCUT2D eigenvalue weighted by molar-refractivity contribution is 7.91. The van der Waals surface area contributed by atoms with Crippen LogP contribution in [0.1, 0.15) is 32.6 Å². The Labute approximate surface area is 157 Å². The van der Waals surface area contributed by atoms with Crippen LogP contribution < -0.4 is 0 Å². The van der Waals surface area contributed by atoms with Crippen LogP contribution in [0.15, 0.2) is 0 Å². The minimum Gasteiger partial charge on any atom is -0.483 e. The number of sulfone groups is 1. The highest BCUT2D eigenvalue weighted by Crippen LogP contribution is 2.17. The van der Waals surface area contributed by atoms with E-state index < -0.39 is 9.84 Å². The summed E-state index contributed by atoms with van der Waals surface area (Å²) in [5.41, 5.74) is 0. The second-order valence-corrected chi connectivity index (χ2v) is 9.20. The van der Waals surface area contributed by atoms with Crippen molar-refractivity contribution >= 4 is 22.2 Å². The Morgan fingerprint density at radius 2 is 1.96 bits per heavy atom. The van der Waals surface area contributed by atoms with Gasteiger partial charge in [0.25, 0.3) is 6.47 Å². The summed E-state index contributed by atoms with van der Waals surface area (Å²) in [6.07, 6.45) is 3.38. The first-order valence-corrected chi connectivity index (χ1v) is 11.1. The molecule has 8 nitrogen and oxygen atoms in total. The third kappa shape index (κ3) is 8.01. The molecule has 1 unspecified atom stereocenters. The molecule has 152 valence electrons. The van der Waals surface area contributed by atoms with Gasteiger partial charge in [-0.25, -0.2) is 8.42 Å². The lowest BCUT2D eigenvalue weighted by molar-refractivity contribution is -0.131. The molecular formula is C17H33N3O5S. The van der Waals surface area contributed by atoms with Crippen LogP contribution in [-0.4, -0.2) is 104 Å². The van der Waals surface area contributed by atoms with Gasteiger partial charge in [-0.2, -0.15) is 0 Å². The number of carbonyl (C=O) groups is 2. The quantitative estimate of drug-likeness (QED) is 0.643. The SMILES string of the molecule is CCCN1CCCN(C(=O)CCN(C)C2CCS(=O)(=O)C2)CC1.O=CO. The van der Waals surface area contributed by atoms with Gasteiger partial charge in [0.2, 0.25) is 5.91 Å². The van der Waals surface area contributed by atoms with Gasteiger partial charge in [-0.15, -0.1) is 0 Å². The van der Waals surface area contributed by atoms with Crippen LogP contribution in [0.4, 0.5) is 0 Å². The van der Waals surface area contributed by atoms with E-state index in [1.807, 2.05) is 16.8 Å². The van der Waals surface area contributed by atoms with Crippen molar-refractivity contribution < 1.29 is 23.1 Å². The standard InChI is InChI=1S/C16H31N3O3S.CH2O2/c1-3-7-18-8-4-9-19(12-11-18)16(20)5-10-17(2)15-6-13-23(21,22)14-15;2-1-3/h15H,3-14H2,1-2H3;1H,(H,2,3). The monoisotopic (exact) mass is 391 g/mol. The van der Waals surface area contributed by atoms with Crippen LogP contribution in [0.2, 0.25) is 0 Å². The van der Waals surface area contributed by atoms with E-state index in [-0.39, 0.29) is 29.9 Å². The number of nitrogens with zero attached hydrogens (tertiary/aromatic N) is 3. The van der Waals surface area contributed by atoms with Crippen molar-refractivity contribution in [2.24, 2.45) is 0 Å². The maximum atomic E-state index is 12.4. The van der Waals surface area contributed by atoms with Gasteiger partial charge in [0.05, 0.1) is 11.5 Å². The Morgan fingerprint density at radius 3 is 2.54 bits per heavy atom. The predicted octanol–water partition coefficient (Wildman–Crippen LogP) is 0.141. The summed E-state index contributed by atoms with van der Waals surface area (Å²) in [5, 5.41) is 6.89. The molecule has 0 radical (unpaired) electrons. The minimum atomic E-state index is -2.86. The van der Waals surface area contributed by atoms with Gasteiger partial charge in [-0.3, -0.25) is 9.59 Å². The fourth-order valence-corrected chi connectivity index (χ4v) is 5.30. The predicted molar refractivity (Wildman–Crippen MR) is 101 cm³/mol. The summed E-state index contributed by atoms with van der Waals surface area (Å²) in [5.74, 6) is 0.735. The van der Waals surface area contributed by atoms with E-state index in [2.05, 4.69) is 11.8 Å². The van der Waals surface area contributed by atoms with E-state index in [1.54, 1.807) is 0 Å². The largest absolute Gasteiger partial charge is 0.483 e. The molecule has 0 aromatic rings. The van der Waals surface area contributed by atoms with E-state index in [4.69, 9.17) is 9.90 Å². The minimum absolute atomic E-state index is 0.0805. The molecule has 0 saturated carbocycles. The molecular weight excluding hydrogens is 358 g/mol. The second kappa shape index (κ2) is 11.5. The number of rotatable bonds is 6. The third-order valence-corrected chi connectivity index (χ3v) is 6.74. The van der Waals surface area contributed by atoms with Gasteiger partial charge in [-0.1, -0.05) is 6.92 Å². The first-order valence-electron chi connectivity index (χ1n) is 9.31. The van der Waals surface area contributed by atoms with Crippen molar-refractivity contribution in [2.45, 2.75) is 38.6 Å². The zero-order valence-corrected chi connectivity index (χ0v) is 16.8. The average molecular weight is 392 g/mol. The van der Waals surface area contributed by atoms with Crippen LogP contribution in [0.5, 0.6) is 0 Å². The molecule has 1 atom stereocenters. The number of amides is 1. The molecule has 9 heteroatoms. The summed E-state index contributed by atoms with van der Waals surface area (Å²) in [6.45, 7) is 7.41. The van der Waals surface area contributed by atoms with Crippen molar-refractivity contribution in [1.29, 1.82) is 0 Å². The molecule has 2 saturated heterocycles.